The summed E-state index contributed by atoms with van der Waals surface area (Å²) in [6.07, 6.45) is 0. The number of carbonyl (C=O) groups excluding carboxylic acids is 2. The lowest BCUT2D eigenvalue weighted by Crippen LogP contribution is -2.44. The summed E-state index contributed by atoms with van der Waals surface area (Å²) >= 11 is 0. The Morgan fingerprint density at radius 3 is 2.28 bits per heavy atom. The van der Waals surface area contributed by atoms with Crippen LogP contribution in [0.15, 0.2) is 72.8 Å². The van der Waals surface area contributed by atoms with Gasteiger partial charge in [-0.3, -0.25) is 14.4 Å². The number of carbonyl (C=O) groups is 3. The van der Waals surface area contributed by atoms with Gasteiger partial charge in [0, 0.05) is 24.7 Å². The van der Waals surface area contributed by atoms with E-state index in [9.17, 15) is 23.9 Å². The number of anilines is 1. The van der Waals surface area contributed by atoms with Crippen molar-refractivity contribution in [2.45, 2.75) is 25.4 Å². The van der Waals surface area contributed by atoms with Crippen LogP contribution < -0.4 is 5.32 Å². The molecular formula is C25H21FN2O4. The van der Waals surface area contributed by atoms with Crippen LogP contribution in [0.3, 0.4) is 0 Å². The van der Waals surface area contributed by atoms with Gasteiger partial charge >= 0.3 is 5.97 Å². The third kappa shape index (κ3) is 4.09. The van der Waals surface area contributed by atoms with Crippen molar-refractivity contribution in [3.8, 4) is 0 Å². The van der Waals surface area contributed by atoms with Crippen LogP contribution >= 0.6 is 0 Å². The number of hydrogen-bond donors (Lipinski definition) is 2. The predicted octanol–water partition coefficient (Wildman–Crippen LogP) is 4.35. The van der Waals surface area contributed by atoms with Gasteiger partial charge in [0.1, 0.15) is 11.7 Å². The monoisotopic (exact) mass is 432 g/mol. The maximum Gasteiger partial charge on any atom is 0.313 e. The number of fused-ring (bicyclic) bond motifs is 1. The standard InChI is InChI=1S/C25H21FN2O4/c1-15(29)27-19-12-8-17(9-13-19)23-22(25(31)32)20-4-2-3-5-21(20)24(30)28(23)14-16-6-10-18(26)11-7-16/h2-13,22-23H,14H2,1H3,(H,27,29)(H,31,32). The highest BCUT2D eigenvalue weighted by molar-refractivity contribution is 6.00. The Morgan fingerprint density at radius 1 is 1.00 bits per heavy atom. The van der Waals surface area contributed by atoms with E-state index in [1.165, 1.54) is 24.0 Å². The van der Waals surface area contributed by atoms with Crippen molar-refractivity contribution in [3.05, 3.63) is 101 Å². The first-order valence-corrected chi connectivity index (χ1v) is 10.1. The summed E-state index contributed by atoms with van der Waals surface area (Å²) in [6.45, 7) is 1.52. The summed E-state index contributed by atoms with van der Waals surface area (Å²) in [5.41, 5.74) is 2.67. The van der Waals surface area contributed by atoms with Gasteiger partial charge in [-0.25, -0.2) is 4.39 Å². The van der Waals surface area contributed by atoms with Crippen LogP contribution in [0.5, 0.6) is 0 Å². The van der Waals surface area contributed by atoms with Crippen LogP contribution in [0.2, 0.25) is 0 Å². The molecule has 4 rings (SSSR count). The van der Waals surface area contributed by atoms with Crippen molar-refractivity contribution in [2.24, 2.45) is 0 Å². The SMILES string of the molecule is CC(=O)Nc1ccc(C2C(C(=O)O)c3ccccc3C(=O)N2Cc2ccc(F)cc2)cc1. The van der Waals surface area contributed by atoms with E-state index in [0.717, 1.165) is 0 Å². The number of halogens is 1. The van der Waals surface area contributed by atoms with E-state index < -0.39 is 23.7 Å². The average molecular weight is 432 g/mol. The summed E-state index contributed by atoms with van der Waals surface area (Å²) in [6, 6.07) is 18.5. The molecule has 1 aliphatic rings. The number of hydrogen-bond acceptors (Lipinski definition) is 3. The van der Waals surface area contributed by atoms with Gasteiger partial charge in [-0.15, -0.1) is 0 Å². The highest BCUT2D eigenvalue weighted by Gasteiger charge is 2.44. The predicted molar refractivity (Wildman–Crippen MR) is 117 cm³/mol. The first kappa shape index (κ1) is 21.2. The van der Waals surface area contributed by atoms with Crippen LogP contribution in [-0.4, -0.2) is 27.8 Å². The molecule has 2 N–H and O–H groups in total. The van der Waals surface area contributed by atoms with Crippen LogP contribution in [0.4, 0.5) is 10.1 Å². The minimum atomic E-state index is -1.05. The first-order valence-electron chi connectivity index (χ1n) is 10.1. The number of nitrogens with one attached hydrogen (secondary N) is 1. The molecule has 2 atom stereocenters. The Kier molecular flexibility index (Phi) is 5.73. The van der Waals surface area contributed by atoms with E-state index in [1.54, 1.807) is 60.7 Å². The molecule has 32 heavy (non-hydrogen) atoms. The van der Waals surface area contributed by atoms with Gasteiger partial charge in [0.25, 0.3) is 5.91 Å². The van der Waals surface area contributed by atoms with Crippen LogP contribution in [-0.2, 0) is 16.1 Å². The maximum atomic E-state index is 13.5. The van der Waals surface area contributed by atoms with Gasteiger partial charge in [-0.1, -0.05) is 42.5 Å². The Labute approximate surface area is 184 Å². The number of nitrogens with zero attached hydrogens (tertiary/aromatic N) is 1. The number of amides is 2. The smallest absolute Gasteiger partial charge is 0.313 e. The van der Waals surface area contributed by atoms with Gasteiger partial charge in [0.15, 0.2) is 0 Å². The van der Waals surface area contributed by atoms with Gasteiger partial charge in [-0.2, -0.15) is 0 Å². The van der Waals surface area contributed by atoms with Gasteiger partial charge in [0.05, 0.1) is 6.04 Å². The fraction of sp³-hybridized carbons (Fsp3) is 0.160. The summed E-state index contributed by atoms with van der Waals surface area (Å²) in [4.78, 5) is 38.7. The van der Waals surface area contributed by atoms with E-state index in [-0.39, 0.29) is 18.4 Å². The molecule has 0 bridgehead atoms. The Bertz CT molecular complexity index is 1180. The van der Waals surface area contributed by atoms with Crippen molar-refractivity contribution in [2.75, 3.05) is 5.32 Å². The lowest BCUT2D eigenvalue weighted by Gasteiger charge is -2.41. The minimum absolute atomic E-state index is 0.120. The van der Waals surface area contributed by atoms with Crippen molar-refractivity contribution in [1.82, 2.24) is 4.90 Å². The fourth-order valence-corrected chi connectivity index (χ4v) is 4.16. The molecule has 7 heteroatoms. The zero-order chi connectivity index (χ0) is 22.8. The molecule has 0 radical (unpaired) electrons. The summed E-state index contributed by atoms with van der Waals surface area (Å²) in [5.74, 6) is -2.95. The third-order valence-electron chi connectivity index (χ3n) is 5.54. The number of benzene rings is 3. The van der Waals surface area contributed by atoms with Crippen molar-refractivity contribution < 1.29 is 23.9 Å². The lowest BCUT2D eigenvalue weighted by atomic mass is 9.79. The topological polar surface area (TPSA) is 86.7 Å². The Hall–Kier alpha value is -4.00. The summed E-state index contributed by atoms with van der Waals surface area (Å²) in [5, 5.41) is 12.8. The van der Waals surface area contributed by atoms with Gasteiger partial charge in [0.2, 0.25) is 5.91 Å². The second-order valence-electron chi connectivity index (χ2n) is 7.71. The Balaban J connectivity index is 1.82. The number of carboxylic acid groups (broad SMARTS) is 1. The molecule has 0 fully saturated rings. The molecule has 1 heterocycles. The van der Waals surface area contributed by atoms with Crippen molar-refractivity contribution in [1.29, 1.82) is 0 Å². The van der Waals surface area contributed by atoms with E-state index >= 15 is 0 Å². The molecule has 162 valence electrons. The van der Waals surface area contributed by atoms with Crippen LogP contribution in [0.1, 0.15) is 45.9 Å². The van der Waals surface area contributed by atoms with Crippen molar-refractivity contribution >= 4 is 23.5 Å². The maximum absolute atomic E-state index is 13.5. The van der Waals surface area contributed by atoms with Crippen molar-refractivity contribution in [3.63, 3.8) is 0 Å². The zero-order valence-corrected chi connectivity index (χ0v) is 17.3. The zero-order valence-electron chi connectivity index (χ0n) is 17.3. The number of carboxylic acids is 1. The summed E-state index contributed by atoms with van der Waals surface area (Å²) in [7, 11) is 0. The molecule has 0 saturated heterocycles. The Morgan fingerprint density at radius 2 is 1.66 bits per heavy atom. The van der Waals surface area contributed by atoms with Gasteiger partial charge < -0.3 is 15.3 Å². The minimum Gasteiger partial charge on any atom is -0.481 e. The first-order chi connectivity index (χ1) is 15.3. The van der Waals surface area contributed by atoms with E-state index in [4.69, 9.17) is 0 Å². The van der Waals surface area contributed by atoms with E-state index in [1.807, 2.05) is 0 Å². The summed E-state index contributed by atoms with van der Waals surface area (Å²) < 4.78 is 13.4. The molecule has 2 amide bonds. The number of rotatable bonds is 5. The lowest BCUT2D eigenvalue weighted by molar-refractivity contribution is -0.140. The highest BCUT2D eigenvalue weighted by Crippen LogP contribution is 2.43. The molecule has 6 nitrogen and oxygen atoms in total. The van der Waals surface area contributed by atoms with E-state index in [2.05, 4.69) is 5.32 Å². The third-order valence-corrected chi connectivity index (χ3v) is 5.54. The molecule has 0 aromatic heterocycles. The largest absolute Gasteiger partial charge is 0.481 e. The molecule has 1 aliphatic heterocycles. The van der Waals surface area contributed by atoms with Crippen LogP contribution in [0.25, 0.3) is 0 Å². The molecule has 2 unspecified atom stereocenters. The quantitative estimate of drug-likeness (QED) is 0.628. The molecule has 0 spiro atoms. The highest BCUT2D eigenvalue weighted by atomic mass is 19.1. The molecule has 0 saturated carbocycles. The number of aliphatic carboxylic acids is 1. The molecular weight excluding hydrogens is 411 g/mol. The average Bonchev–Trinajstić information content (AvgIpc) is 2.77. The molecule has 3 aromatic carbocycles. The second-order valence-corrected chi connectivity index (χ2v) is 7.71. The normalized spacial score (nSPS) is 17.6. The molecule has 3 aromatic rings. The van der Waals surface area contributed by atoms with Crippen LogP contribution in [0, 0.1) is 5.82 Å². The fourth-order valence-electron chi connectivity index (χ4n) is 4.16. The second kappa shape index (κ2) is 8.63. The van der Waals surface area contributed by atoms with Gasteiger partial charge in [-0.05, 0) is 47.0 Å². The van der Waals surface area contributed by atoms with E-state index in [0.29, 0.717) is 27.9 Å². The molecule has 0 aliphatic carbocycles.